The number of ether oxygens (including phenoxy) is 1. The summed E-state index contributed by atoms with van der Waals surface area (Å²) in [5.74, 6) is -1.58. The van der Waals surface area contributed by atoms with E-state index in [-0.39, 0.29) is 17.1 Å². The zero-order chi connectivity index (χ0) is 14.5. The number of aromatic nitrogens is 1. The van der Waals surface area contributed by atoms with E-state index in [1.54, 1.807) is 0 Å². The summed E-state index contributed by atoms with van der Waals surface area (Å²) in [7, 11) is 0. The number of hydrogen-bond acceptors (Lipinski definition) is 3. The van der Waals surface area contributed by atoms with Crippen molar-refractivity contribution >= 4 is 5.82 Å². The molecule has 0 amide bonds. The molecule has 0 radical (unpaired) electrons. The Balaban J connectivity index is 2.71. The zero-order valence-corrected chi connectivity index (χ0v) is 12.0. The molecule has 0 spiro atoms. The molecule has 0 saturated heterocycles. The first-order valence-corrected chi connectivity index (χ1v) is 6.56. The van der Waals surface area contributed by atoms with E-state index in [1.165, 1.54) is 0 Å². The molecule has 19 heavy (non-hydrogen) atoms. The van der Waals surface area contributed by atoms with Crippen LogP contribution in [-0.4, -0.2) is 18.1 Å². The number of anilines is 1. The fraction of sp³-hybridized carbons (Fsp3) is 0.643. The summed E-state index contributed by atoms with van der Waals surface area (Å²) in [6.07, 6.45) is 1.60. The largest absolute Gasteiger partial charge is 0.476 e. The quantitative estimate of drug-likeness (QED) is 0.850. The van der Waals surface area contributed by atoms with Gasteiger partial charge in [0.25, 0.3) is 5.88 Å². The molecule has 1 heterocycles. The van der Waals surface area contributed by atoms with Gasteiger partial charge in [-0.3, -0.25) is 0 Å². The van der Waals surface area contributed by atoms with E-state index in [2.05, 4.69) is 31.1 Å². The Kier molecular flexibility index (Phi) is 5.51. The lowest BCUT2D eigenvalue weighted by Crippen LogP contribution is -2.13. The van der Waals surface area contributed by atoms with Crippen molar-refractivity contribution in [2.45, 2.75) is 40.5 Å². The fourth-order valence-electron chi connectivity index (χ4n) is 1.37. The van der Waals surface area contributed by atoms with Crippen molar-refractivity contribution in [1.82, 2.24) is 4.98 Å². The first-order chi connectivity index (χ1) is 8.83. The topological polar surface area (TPSA) is 34.2 Å². The van der Waals surface area contributed by atoms with E-state index in [0.29, 0.717) is 13.2 Å². The van der Waals surface area contributed by atoms with E-state index in [9.17, 15) is 8.78 Å². The Morgan fingerprint density at radius 2 is 1.95 bits per heavy atom. The average Bonchev–Trinajstić information content (AvgIpc) is 2.29. The lowest BCUT2D eigenvalue weighted by atomic mass is 9.93. The van der Waals surface area contributed by atoms with Crippen LogP contribution in [0, 0.1) is 17.0 Å². The molecule has 5 heteroatoms. The molecule has 1 aromatic heterocycles. The maximum absolute atomic E-state index is 13.5. The van der Waals surface area contributed by atoms with Gasteiger partial charge in [0, 0.05) is 12.6 Å². The van der Waals surface area contributed by atoms with Crippen LogP contribution in [0.3, 0.4) is 0 Å². The summed E-state index contributed by atoms with van der Waals surface area (Å²) in [5, 5.41) is 2.80. The number of pyridine rings is 1. The molecule has 0 aliphatic rings. The SMILES string of the molecule is CCCNc1nc(OCCC(C)(C)C)c(F)cc1F. The summed E-state index contributed by atoms with van der Waals surface area (Å²) in [6, 6.07) is 0.803. The second-order valence-corrected chi connectivity index (χ2v) is 5.69. The predicted molar refractivity (Wildman–Crippen MR) is 72.5 cm³/mol. The summed E-state index contributed by atoms with van der Waals surface area (Å²) < 4.78 is 32.3. The van der Waals surface area contributed by atoms with Gasteiger partial charge in [-0.15, -0.1) is 0 Å². The first kappa shape index (κ1) is 15.7. The number of nitrogens with one attached hydrogen (secondary N) is 1. The molecule has 0 aliphatic carbocycles. The van der Waals surface area contributed by atoms with E-state index < -0.39 is 11.6 Å². The second-order valence-electron chi connectivity index (χ2n) is 5.69. The normalized spacial score (nSPS) is 11.5. The lowest BCUT2D eigenvalue weighted by molar-refractivity contribution is 0.227. The highest BCUT2D eigenvalue weighted by atomic mass is 19.1. The molecule has 1 aromatic rings. The number of nitrogens with zero attached hydrogens (tertiary/aromatic N) is 1. The van der Waals surface area contributed by atoms with Gasteiger partial charge in [0.1, 0.15) is 0 Å². The second kappa shape index (κ2) is 6.68. The van der Waals surface area contributed by atoms with Crippen LogP contribution in [0.5, 0.6) is 5.88 Å². The minimum Gasteiger partial charge on any atom is -0.476 e. The van der Waals surface area contributed by atoms with Crippen LogP contribution in [-0.2, 0) is 0 Å². The molecule has 0 aromatic carbocycles. The Bertz CT molecular complexity index is 417. The number of halogens is 2. The lowest BCUT2D eigenvalue weighted by Gasteiger charge is -2.18. The Morgan fingerprint density at radius 1 is 1.26 bits per heavy atom. The molecule has 108 valence electrons. The molecule has 0 saturated carbocycles. The van der Waals surface area contributed by atoms with Crippen molar-refractivity contribution in [2.24, 2.45) is 5.41 Å². The van der Waals surface area contributed by atoms with Crippen LogP contribution in [0.1, 0.15) is 40.5 Å². The minimum atomic E-state index is -0.770. The molecular weight excluding hydrogens is 250 g/mol. The van der Waals surface area contributed by atoms with Gasteiger partial charge >= 0.3 is 0 Å². The highest BCUT2D eigenvalue weighted by Gasteiger charge is 2.15. The van der Waals surface area contributed by atoms with Gasteiger partial charge in [-0.2, -0.15) is 4.98 Å². The number of rotatable bonds is 6. The molecule has 0 fully saturated rings. The van der Waals surface area contributed by atoms with Crippen molar-refractivity contribution in [2.75, 3.05) is 18.5 Å². The van der Waals surface area contributed by atoms with Crippen LogP contribution < -0.4 is 10.1 Å². The third-order valence-electron chi connectivity index (χ3n) is 2.53. The fourth-order valence-corrected chi connectivity index (χ4v) is 1.37. The monoisotopic (exact) mass is 272 g/mol. The Morgan fingerprint density at radius 3 is 2.53 bits per heavy atom. The van der Waals surface area contributed by atoms with Crippen LogP contribution in [0.4, 0.5) is 14.6 Å². The van der Waals surface area contributed by atoms with Crippen molar-refractivity contribution in [3.05, 3.63) is 17.7 Å². The predicted octanol–water partition coefficient (Wildman–Crippen LogP) is 4.00. The van der Waals surface area contributed by atoms with E-state index in [1.807, 2.05) is 6.92 Å². The third-order valence-corrected chi connectivity index (χ3v) is 2.53. The molecule has 3 nitrogen and oxygen atoms in total. The van der Waals surface area contributed by atoms with Crippen LogP contribution in [0.25, 0.3) is 0 Å². The van der Waals surface area contributed by atoms with Gasteiger partial charge in [0.05, 0.1) is 6.61 Å². The smallest absolute Gasteiger partial charge is 0.252 e. The summed E-state index contributed by atoms with van der Waals surface area (Å²) in [4.78, 5) is 3.85. The van der Waals surface area contributed by atoms with Crippen LogP contribution in [0.2, 0.25) is 0 Å². The molecule has 0 aliphatic heterocycles. The first-order valence-electron chi connectivity index (χ1n) is 6.56. The summed E-state index contributed by atoms with van der Waals surface area (Å²) in [5.41, 5.74) is 0.0970. The molecule has 1 rings (SSSR count). The van der Waals surface area contributed by atoms with Gasteiger partial charge in [-0.1, -0.05) is 27.7 Å². The van der Waals surface area contributed by atoms with Crippen LogP contribution >= 0.6 is 0 Å². The Labute approximate surface area is 113 Å². The van der Waals surface area contributed by atoms with Crippen LogP contribution in [0.15, 0.2) is 6.07 Å². The highest BCUT2D eigenvalue weighted by Crippen LogP contribution is 2.23. The minimum absolute atomic E-state index is 0.0361. The van der Waals surface area contributed by atoms with E-state index in [4.69, 9.17) is 4.74 Å². The summed E-state index contributed by atoms with van der Waals surface area (Å²) in [6.45, 7) is 9.09. The average molecular weight is 272 g/mol. The van der Waals surface area contributed by atoms with Crippen molar-refractivity contribution in [3.8, 4) is 5.88 Å². The van der Waals surface area contributed by atoms with Gasteiger partial charge < -0.3 is 10.1 Å². The molecule has 0 bridgehead atoms. The third kappa shape index (κ3) is 5.41. The Hall–Kier alpha value is -1.39. The molecule has 0 unspecified atom stereocenters. The van der Waals surface area contributed by atoms with Crippen molar-refractivity contribution in [3.63, 3.8) is 0 Å². The van der Waals surface area contributed by atoms with Crippen molar-refractivity contribution in [1.29, 1.82) is 0 Å². The molecule has 1 N–H and O–H groups in total. The standard InChI is InChI=1S/C14H22F2N2O/c1-5-7-17-12-10(15)9-11(16)13(18-12)19-8-6-14(2,3)4/h9H,5-8H2,1-4H3,(H,17,18). The van der Waals surface area contributed by atoms with Gasteiger partial charge in [-0.25, -0.2) is 8.78 Å². The van der Waals surface area contributed by atoms with Gasteiger partial charge in [0.2, 0.25) is 0 Å². The van der Waals surface area contributed by atoms with E-state index in [0.717, 1.165) is 18.9 Å². The highest BCUT2D eigenvalue weighted by molar-refractivity contribution is 5.39. The maximum Gasteiger partial charge on any atom is 0.252 e. The van der Waals surface area contributed by atoms with E-state index >= 15 is 0 Å². The number of hydrogen-bond donors (Lipinski definition) is 1. The molecule has 0 atom stereocenters. The maximum atomic E-state index is 13.5. The van der Waals surface area contributed by atoms with Gasteiger partial charge in [0.15, 0.2) is 17.5 Å². The van der Waals surface area contributed by atoms with Crippen molar-refractivity contribution < 1.29 is 13.5 Å². The van der Waals surface area contributed by atoms with Gasteiger partial charge in [-0.05, 0) is 18.3 Å². The zero-order valence-electron chi connectivity index (χ0n) is 12.0. The molecular formula is C14H22F2N2O. The summed E-state index contributed by atoms with van der Waals surface area (Å²) >= 11 is 0.